The molecule has 1 aliphatic heterocycles. The van der Waals surface area contributed by atoms with Crippen molar-refractivity contribution in [2.75, 3.05) is 28.4 Å². The SMILES string of the molecule is COc1ccc(C2=Cc3cc(OC)c(OC)cc3C(c3ccc(OC)cc3)N2C(C)=O)cc1. The zero-order valence-electron chi connectivity index (χ0n) is 19.4. The van der Waals surface area contributed by atoms with Crippen LogP contribution in [0.5, 0.6) is 23.0 Å². The minimum absolute atomic E-state index is 0.0710. The molecule has 1 aliphatic rings. The van der Waals surface area contributed by atoms with E-state index in [2.05, 4.69) is 0 Å². The summed E-state index contributed by atoms with van der Waals surface area (Å²) in [5.74, 6) is 2.68. The van der Waals surface area contributed by atoms with Crippen LogP contribution in [0.4, 0.5) is 0 Å². The third-order valence-electron chi connectivity index (χ3n) is 5.85. The smallest absolute Gasteiger partial charge is 0.224 e. The second-order valence-corrected chi connectivity index (χ2v) is 7.66. The summed E-state index contributed by atoms with van der Waals surface area (Å²) in [6.45, 7) is 1.58. The van der Waals surface area contributed by atoms with Crippen molar-refractivity contribution in [1.29, 1.82) is 0 Å². The van der Waals surface area contributed by atoms with E-state index in [-0.39, 0.29) is 11.9 Å². The molecule has 33 heavy (non-hydrogen) atoms. The molecule has 6 heteroatoms. The second kappa shape index (κ2) is 9.28. The maximum absolute atomic E-state index is 13.1. The van der Waals surface area contributed by atoms with E-state index < -0.39 is 0 Å². The summed E-state index contributed by atoms with van der Waals surface area (Å²) in [5.41, 5.74) is 4.57. The van der Waals surface area contributed by atoms with Crippen LogP contribution in [0.25, 0.3) is 11.8 Å². The Labute approximate surface area is 194 Å². The summed E-state index contributed by atoms with van der Waals surface area (Å²) in [5, 5.41) is 0. The lowest BCUT2D eigenvalue weighted by atomic mass is 9.87. The normalized spacial score (nSPS) is 14.8. The van der Waals surface area contributed by atoms with Crippen LogP contribution in [0, 0.1) is 0 Å². The van der Waals surface area contributed by atoms with Crippen LogP contribution >= 0.6 is 0 Å². The molecule has 6 nitrogen and oxygen atoms in total. The zero-order valence-corrected chi connectivity index (χ0v) is 19.4. The molecule has 0 aromatic heterocycles. The standard InChI is InChI=1S/C27H27NO5/c1-17(29)28-24(18-6-10-21(30-2)11-7-18)14-20-15-25(32-4)26(33-5)16-23(20)27(28)19-8-12-22(31-3)13-9-19/h6-16,27H,1-5H3. The van der Waals surface area contributed by atoms with E-state index in [4.69, 9.17) is 18.9 Å². The average molecular weight is 446 g/mol. The third kappa shape index (κ3) is 4.12. The van der Waals surface area contributed by atoms with Gasteiger partial charge in [-0.25, -0.2) is 0 Å². The minimum atomic E-state index is -0.356. The highest BCUT2D eigenvalue weighted by molar-refractivity contribution is 5.95. The van der Waals surface area contributed by atoms with Crippen molar-refractivity contribution in [2.24, 2.45) is 0 Å². The molecule has 170 valence electrons. The van der Waals surface area contributed by atoms with Gasteiger partial charge in [-0.15, -0.1) is 0 Å². The van der Waals surface area contributed by atoms with E-state index in [0.717, 1.165) is 39.4 Å². The van der Waals surface area contributed by atoms with Crippen molar-refractivity contribution in [1.82, 2.24) is 4.90 Å². The summed E-state index contributed by atoms with van der Waals surface area (Å²) in [6, 6.07) is 19.0. The Kier molecular flexibility index (Phi) is 6.27. The van der Waals surface area contributed by atoms with Gasteiger partial charge in [0.1, 0.15) is 11.5 Å². The number of nitrogens with zero attached hydrogens (tertiary/aromatic N) is 1. The highest BCUT2D eigenvalue weighted by atomic mass is 16.5. The molecule has 3 aromatic carbocycles. The summed E-state index contributed by atoms with van der Waals surface area (Å²) >= 11 is 0. The van der Waals surface area contributed by atoms with Gasteiger partial charge < -0.3 is 23.8 Å². The lowest BCUT2D eigenvalue weighted by molar-refractivity contribution is -0.126. The molecule has 1 heterocycles. The summed E-state index contributed by atoms with van der Waals surface area (Å²) < 4.78 is 21.8. The van der Waals surface area contributed by atoms with Crippen LogP contribution in [-0.2, 0) is 4.79 Å². The lowest BCUT2D eigenvalue weighted by Gasteiger charge is -2.38. The Morgan fingerprint density at radius 1 is 0.758 bits per heavy atom. The predicted molar refractivity (Wildman–Crippen MR) is 128 cm³/mol. The van der Waals surface area contributed by atoms with Gasteiger partial charge in [0.2, 0.25) is 5.91 Å². The van der Waals surface area contributed by atoms with Crippen LogP contribution in [0.3, 0.4) is 0 Å². The van der Waals surface area contributed by atoms with Crippen LogP contribution < -0.4 is 18.9 Å². The van der Waals surface area contributed by atoms with Crippen LogP contribution in [0.1, 0.15) is 35.2 Å². The van der Waals surface area contributed by atoms with Gasteiger partial charge in [0, 0.05) is 6.92 Å². The number of fused-ring (bicyclic) bond motifs is 1. The van der Waals surface area contributed by atoms with Gasteiger partial charge in [0.15, 0.2) is 11.5 Å². The molecule has 0 aliphatic carbocycles. The topological polar surface area (TPSA) is 57.2 Å². The monoisotopic (exact) mass is 445 g/mol. The molecular formula is C27H27NO5. The van der Waals surface area contributed by atoms with E-state index in [1.165, 1.54) is 0 Å². The van der Waals surface area contributed by atoms with Gasteiger partial charge in [0.05, 0.1) is 40.2 Å². The molecule has 0 saturated heterocycles. The number of ether oxygens (including phenoxy) is 4. The van der Waals surface area contributed by atoms with Gasteiger partial charge in [-0.05, 0) is 76.9 Å². The van der Waals surface area contributed by atoms with E-state index in [0.29, 0.717) is 11.5 Å². The number of amides is 1. The van der Waals surface area contributed by atoms with Crippen molar-refractivity contribution in [3.8, 4) is 23.0 Å². The Balaban J connectivity index is 1.97. The molecule has 3 aromatic rings. The van der Waals surface area contributed by atoms with E-state index in [1.807, 2.05) is 71.6 Å². The van der Waals surface area contributed by atoms with Crippen LogP contribution in [0.2, 0.25) is 0 Å². The van der Waals surface area contributed by atoms with Crippen LogP contribution in [0.15, 0.2) is 60.7 Å². The fourth-order valence-electron chi connectivity index (χ4n) is 4.22. The third-order valence-corrected chi connectivity index (χ3v) is 5.85. The van der Waals surface area contributed by atoms with E-state index >= 15 is 0 Å². The molecule has 4 rings (SSSR count). The van der Waals surface area contributed by atoms with E-state index in [1.54, 1.807) is 35.4 Å². The Morgan fingerprint density at radius 3 is 1.82 bits per heavy atom. The van der Waals surface area contributed by atoms with Gasteiger partial charge in [-0.3, -0.25) is 4.79 Å². The maximum Gasteiger partial charge on any atom is 0.224 e. The first kappa shape index (κ1) is 22.3. The van der Waals surface area contributed by atoms with Crippen molar-refractivity contribution in [3.05, 3.63) is 82.9 Å². The fourth-order valence-corrected chi connectivity index (χ4v) is 4.22. The first-order valence-electron chi connectivity index (χ1n) is 10.6. The number of methoxy groups -OCH3 is 4. The number of carbonyl (C=O) groups is 1. The second-order valence-electron chi connectivity index (χ2n) is 7.66. The first-order valence-corrected chi connectivity index (χ1v) is 10.6. The highest BCUT2D eigenvalue weighted by Crippen LogP contribution is 2.46. The Hall–Kier alpha value is -3.93. The molecule has 0 N–H and O–H groups in total. The highest BCUT2D eigenvalue weighted by Gasteiger charge is 2.34. The average Bonchev–Trinajstić information content (AvgIpc) is 2.86. The Bertz CT molecular complexity index is 1180. The van der Waals surface area contributed by atoms with E-state index in [9.17, 15) is 4.79 Å². The molecule has 0 radical (unpaired) electrons. The molecule has 0 bridgehead atoms. The van der Waals surface area contributed by atoms with Gasteiger partial charge in [-0.2, -0.15) is 0 Å². The molecule has 0 spiro atoms. The zero-order chi connectivity index (χ0) is 23.5. The molecule has 1 amide bonds. The van der Waals surface area contributed by atoms with Gasteiger partial charge in [-0.1, -0.05) is 12.1 Å². The molecule has 1 unspecified atom stereocenters. The number of hydrogen-bond donors (Lipinski definition) is 0. The minimum Gasteiger partial charge on any atom is -0.497 e. The molecule has 0 saturated carbocycles. The van der Waals surface area contributed by atoms with Crippen LogP contribution in [-0.4, -0.2) is 39.2 Å². The van der Waals surface area contributed by atoms with Crippen molar-refractivity contribution < 1.29 is 23.7 Å². The van der Waals surface area contributed by atoms with Crippen molar-refractivity contribution >= 4 is 17.7 Å². The fraction of sp³-hybridized carbons (Fsp3) is 0.222. The van der Waals surface area contributed by atoms with Gasteiger partial charge in [0.25, 0.3) is 0 Å². The number of benzene rings is 3. The first-order chi connectivity index (χ1) is 16.0. The quantitative estimate of drug-likeness (QED) is 0.524. The maximum atomic E-state index is 13.1. The lowest BCUT2D eigenvalue weighted by Crippen LogP contribution is -2.35. The predicted octanol–water partition coefficient (Wildman–Crippen LogP) is 5.17. The number of rotatable bonds is 6. The molecule has 1 atom stereocenters. The Morgan fingerprint density at radius 2 is 1.30 bits per heavy atom. The molecule has 0 fully saturated rings. The summed E-state index contributed by atoms with van der Waals surface area (Å²) in [6.07, 6.45) is 2.01. The number of carbonyl (C=O) groups excluding carboxylic acids is 1. The van der Waals surface area contributed by atoms with Crippen molar-refractivity contribution in [2.45, 2.75) is 13.0 Å². The number of hydrogen-bond acceptors (Lipinski definition) is 5. The van der Waals surface area contributed by atoms with Gasteiger partial charge >= 0.3 is 0 Å². The van der Waals surface area contributed by atoms with Crippen molar-refractivity contribution in [3.63, 3.8) is 0 Å². The largest absolute Gasteiger partial charge is 0.497 e. The summed E-state index contributed by atoms with van der Waals surface area (Å²) in [4.78, 5) is 14.9. The summed E-state index contributed by atoms with van der Waals surface area (Å²) in [7, 11) is 6.49. The molecular weight excluding hydrogens is 418 g/mol.